The zero-order valence-electron chi connectivity index (χ0n) is 9.94. The maximum atomic E-state index is 5.79. The highest BCUT2D eigenvalue weighted by molar-refractivity contribution is 9.11. The zero-order valence-corrected chi connectivity index (χ0v) is 13.1. The fourth-order valence-electron chi connectivity index (χ4n) is 1.67. The van der Waals surface area contributed by atoms with Gasteiger partial charge in [0.1, 0.15) is 5.75 Å². The Bertz CT molecular complexity index is 583. The third-order valence-electron chi connectivity index (χ3n) is 2.58. The third kappa shape index (κ3) is 2.24. The molecule has 0 unspecified atom stereocenters. The van der Waals surface area contributed by atoms with Gasteiger partial charge in [-0.05, 0) is 44.3 Å². The first-order chi connectivity index (χ1) is 8.58. The van der Waals surface area contributed by atoms with Crippen molar-refractivity contribution in [3.05, 3.63) is 26.8 Å². The van der Waals surface area contributed by atoms with Gasteiger partial charge in [0.05, 0.1) is 23.0 Å². The van der Waals surface area contributed by atoms with Crippen LogP contribution in [0.2, 0.25) is 0 Å². The van der Waals surface area contributed by atoms with E-state index < -0.39 is 0 Å². The number of rotatable bonds is 3. The lowest BCUT2D eigenvalue weighted by molar-refractivity contribution is 0.411. The molecule has 1 aromatic heterocycles. The van der Waals surface area contributed by atoms with Crippen LogP contribution in [-0.4, -0.2) is 22.1 Å². The lowest BCUT2D eigenvalue weighted by Crippen LogP contribution is -2.04. The molecule has 1 heterocycles. The molecule has 0 saturated heterocycles. The van der Waals surface area contributed by atoms with E-state index in [1.807, 2.05) is 19.1 Å². The number of ether oxygens (including phenoxy) is 1. The van der Waals surface area contributed by atoms with E-state index in [1.165, 1.54) is 0 Å². The van der Waals surface area contributed by atoms with Gasteiger partial charge in [-0.1, -0.05) is 12.1 Å². The molecular weight excluding hydrogens is 364 g/mol. The molecule has 2 aromatic rings. The predicted molar refractivity (Wildman–Crippen MR) is 77.1 cm³/mol. The zero-order chi connectivity index (χ0) is 13.3. The Morgan fingerprint density at radius 3 is 2.67 bits per heavy atom. The van der Waals surface area contributed by atoms with E-state index in [1.54, 1.807) is 11.8 Å². The topological polar surface area (TPSA) is 66.0 Å². The van der Waals surface area contributed by atoms with Gasteiger partial charge in [-0.25, -0.2) is 4.68 Å². The van der Waals surface area contributed by atoms with Crippen LogP contribution in [-0.2, 0) is 6.42 Å². The molecule has 5 nitrogen and oxygen atoms in total. The Balaban J connectivity index is 2.63. The second-order valence-corrected chi connectivity index (χ2v) is 5.33. The maximum Gasteiger partial charge on any atom is 0.169 e. The molecule has 0 aliphatic heterocycles. The number of nitrogen functional groups attached to an aromatic ring is 1. The number of benzene rings is 1. The first-order valence-corrected chi connectivity index (χ1v) is 6.90. The van der Waals surface area contributed by atoms with Gasteiger partial charge in [0.25, 0.3) is 0 Å². The van der Waals surface area contributed by atoms with Gasteiger partial charge in [0.2, 0.25) is 0 Å². The molecule has 0 atom stereocenters. The Morgan fingerprint density at radius 1 is 1.33 bits per heavy atom. The number of hydrogen-bond donors (Lipinski definition) is 1. The molecular formula is C11H12Br2N4O. The van der Waals surface area contributed by atoms with E-state index in [4.69, 9.17) is 10.5 Å². The Hall–Kier alpha value is -1.08. The second-order valence-electron chi connectivity index (χ2n) is 3.62. The van der Waals surface area contributed by atoms with Crippen molar-refractivity contribution < 1.29 is 4.74 Å². The van der Waals surface area contributed by atoms with E-state index in [9.17, 15) is 0 Å². The molecule has 0 saturated carbocycles. The minimum Gasteiger partial charge on any atom is -0.495 e. The van der Waals surface area contributed by atoms with Crippen LogP contribution in [0.5, 0.6) is 5.75 Å². The fraction of sp³-hybridized carbons (Fsp3) is 0.273. The van der Waals surface area contributed by atoms with Crippen LogP contribution in [0.1, 0.15) is 12.6 Å². The van der Waals surface area contributed by atoms with Crippen LogP contribution in [0.3, 0.4) is 0 Å². The number of hydrogen-bond acceptors (Lipinski definition) is 4. The molecule has 0 fully saturated rings. The molecule has 0 bridgehead atoms. The third-order valence-corrected chi connectivity index (χ3v) is 3.83. The van der Waals surface area contributed by atoms with Crippen LogP contribution in [0, 0.1) is 0 Å². The van der Waals surface area contributed by atoms with E-state index in [-0.39, 0.29) is 0 Å². The van der Waals surface area contributed by atoms with Crippen molar-refractivity contribution in [1.82, 2.24) is 15.0 Å². The van der Waals surface area contributed by atoms with Crippen molar-refractivity contribution in [1.29, 1.82) is 0 Å². The molecule has 1 aromatic carbocycles. The van der Waals surface area contributed by atoms with Crippen molar-refractivity contribution in [2.75, 3.05) is 12.8 Å². The van der Waals surface area contributed by atoms with Gasteiger partial charge in [0, 0.05) is 10.5 Å². The van der Waals surface area contributed by atoms with Crippen molar-refractivity contribution in [3.8, 4) is 11.4 Å². The minimum atomic E-state index is 0.450. The molecule has 7 heteroatoms. The molecule has 2 rings (SSSR count). The van der Waals surface area contributed by atoms with E-state index in [0.29, 0.717) is 5.82 Å². The molecule has 96 valence electrons. The van der Waals surface area contributed by atoms with Crippen LogP contribution in [0.25, 0.3) is 5.69 Å². The molecule has 0 aliphatic carbocycles. The Morgan fingerprint density at radius 2 is 2.06 bits per heavy atom. The van der Waals surface area contributed by atoms with Crippen molar-refractivity contribution in [3.63, 3.8) is 0 Å². The monoisotopic (exact) mass is 374 g/mol. The smallest absolute Gasteiger partial charge is 0.169 e. The molecule has 0 amide bonds. The highest BCUT2D eigenvalue weighted by Crippen LogP contribution is 2.34. The SMILES string of the molecule is CCc1c(N)nnn1-c1cc(OC)c(Br)cc1Br. The molecule has 2 N–H and O–H groups in total. The summed E-state index contributed by atoms with van der Waals surface area (Å²) in [5, 5.41) is 7.96. The Labute approximate surface area is 122 Å². The second kappa shape index (κ2) is 5.27. The highest BCUT2D eigenvalue weighted by atomic mass is 79.9. The van der Waals surface area contributed by atoms with Crippen molar-refractivity contribution in [2.24, 2.45) is 0 Å². The summed E-state index contributed by atoms with van der Waals surface area (Å²) >= 11 is 6.93. The summed E-state index contributed by atoms with van der Waals surface area (Å²) in [7, 11) is 1.62. The molecule has 18 heavy (non-hydrogen) atoms. The van der Waals surface area contributed by atoms with E-state index in [0.717, 1.165) is 32.5 Å². The summed E-state index contributed by atoms with van der Waals surface area (Å²) in [6.45, 7) is 2.01. The molecule has 0 spiro atoms. The fourth-order valence-corrected chi connectivity index (χ4v) is 3.00. The Kier molecular flexibility index (Phi) is 3.91. The quantitative estimate of drug-likeness (QED) is 0.895. The van der Waals surface area contributed by atoms with Crippen LogP contribution in [0.15, 0.2) is 21.1 Å². The number of methoxy groups -OCH3 is 1. The number of aromatic nitrogens is 3. The predicted octanol–water partition coefficient (Wildman–Crippen LogP) is 2.95. The van der Waals surface area contributed by atoms with Gasteiger partial charge < -0.3 is 10.5 Å². The number of anilines is 1. The van der Waals surface area contributed by atoms with Crippen molar-refractivity contribution >= 4 is 37.7 Å². The van der Waals surface area contributed by atoms with E-state index >= 15 is 0 Å². The summed E-state index contributed by atoms with van der Waals surface area (Å²) in [6, 6.07) is 3.78. The summed E-state index contributed by atoms with van der Waals surface area (Å²) < 4.78 is 8.75. The van der Waals surface area contributed by atoms with Gasteiger partial charge in [-0.3, -0.25) is 0 Å². The average molecular weight is 376 g/mol. The first-order valence-electron chi connectivity index (χ1n) is 5.32. The number of nitrogens with two attached hydrogens (primary N) is 1. The standard InChI is InChI=1S/C11H12Br2N4O/c1-3-8-11(14)15-16-17(8)9-5-10(18-2)7(13)4-6(9)12/h4-5H,3,14H2,1-2H3. The molecule has 0 aliphatic rings. The maximum absolute atomic E-state index is 5.79. The van der Waals surface area contributed by atoms with Gasteiger partial charge in [-0.15, -0.1) is 5.10 Å². The van der Waals surface area contributed by atoms with Crippen LogP contribution < -0.4 is 10.5 Å². The van der Waals surface area contributed by atoms with Gasteiger partial charge in [-0.2, -0.15) is 0 Å². The van der Waals surface area contributed by atoms with Gasteiger partial charge >= 0.3 is 0 Å². The number of halogens is 2. The highest BCUT2D eigenvalue weighted by Gasteiger charge is 2.15. The molecule has 0 radical (unpaired) electrons. The minimum absolute atomic E-state index is 0.450. The van der Waals surface area contributed by atoms with Crippen LogP contribution in [0.4, 0.5) is 5.82 Å². The average Bonchev–Trinajstić information content (AvgIpc) is 2.70. The summed E-state index contributed by atoms with van der Waals surface area (Å²) in [5.74, 6) is 1.18. The first kappa shape index (κ1) is 13.4. The summed E-state index contributed by atoms with van der Waals surface area (Å²) in [5.41, 5.74) is 7.51. The summed E-state index contributed by atoms with van der Waals surface area (Å²) in [6.07, 6.45) is 0.754. The lowest BCUT2D eigenvalue weighted by Gasteiger charge is -2.11. The van der Waals surface area contributed by atoms with Crippen LogP contribution >= 0.6 is 31.9 Å². The normalized spacial score (nSPS) is 10.7. The summed E-state index contributed by atoms with van der Waals surface area (Å²) in [4.78, 5) is 0. The van der Waals surface area contributed by atoms with E-state index in [2.05, 4.69) is 42.2 Å². The number of nitrogens with zero attached hydrogens (tertiary/aromatic N) is 3. The lowest BCUT2D eigenvalue weighted by atomic mass is 10.2. The van der Waals surface area contributed by atoms with Crippen molar-refractivity contribution in [2.45, 2.75) is 13.3 Å². The largest absolute Gasteiger partial charge is 0.495 e. The van der Waals surface area contributed by atoms with Gasteiger partial charge in [0.15, 0.2) is 5.82 Å².